The summed E-state index contributed by atoms with van der Waals surface area (Å²) in [5.74, 6) is -0.953. The van der Waals surface area contributed by atoms with E-state index in [9.17, 15) is 9.59 Å². The highest BCUT2D eigenvalue weighted by Crippen LogP contribution is 2.33. The number of rotatable bonds is 0. The van der Waals surface area contributed by atoms with Crippen LogP contribution < -0.4 is 0 Å². The quantitative estimate of drug-likeness (QED) is 0.585. The maximum absolute atomic E-state index is 12.3. The fraction of sp³-hybridized carbons (Fsp3) is 0.0625. The van der Waals surface area contributed by atoms with Crippen LogP contribution in [0.1, 0.15) is 26.4 Å². The van der Waals surface area contributed by atoms with Crippen molar-refractivity contribution in [3.05, 3.63) is 59.4 Å². The van der Waals surface area contributed by atoms with Gasteiger partial charge in [0.1, 0.15) is 17.0 Å². The molecule has 2 heterocycles. The Kier molecular flexibility index (Phi) is 2.02. The number of fused-ring (bicyclic) bond motifs is 5. The third kappa shape index (κ3) is 1.28. The molecule has 0 spiro atoms. The van der Waals surface area contributed by atoms with E-state index in [1.54, 1.807) is 22.7 Å². The molecular formula is C16H10N2O2. The van der Waals surface area contributed by atoms with E-state index in [1.165, 1.54) is 0 Å². The van der Waals surface area contributed by atoms with E-state index in [1.807, 2.05) is 31.2 Å². The number of ketones is 2. The molecule has 0 radical (unpaired) electrons. The fourth-order valence-electron chi connectivity index (χ4n) is 2.67. The summed E-state index contributed by atoms with van der Waals surface area (Å²) in [5, 5.41) is 0. The lowest BCUT2D eigenvalue weighted by atomic mass is 9.90. The van der Waals surface area contributed by atoms with Gasteiger partial charge in [-0.15, -0.1) is 0 Å². The van der Waals surface area contributed by atoms with Gasteiger partial charge in [-0.05, 0) is 24.6 Å². The molecule has 96 valence electrons. The Balaban J connectivity index is 2.17. The smallest absolute Gasteiger partial charge is 0.252 e. The Labute approximate surface area is 114 Å². The van der Waals surface area contributed by atoms with E-state index >= 15 is 0 Å². The topological polar surface area (TPSA) is 51.4 Å². The molecule has 0 N–H and O–H groups in total. The van der Waals surface area contributed by atoms with Crippen LogP contribution in [-0.4, -0.2) is 21.0 Å². The molecule has 0 amide bonds. The van der Waals surface area contributed by atoms with E-state index in [2.05, 4.69) is 4.98 Å². The van der Waals surface area contributed by atoms with Crippen LogP contribution in [0.3, 0.4) is 0 Å². The number of benzene rings is 1. The molecule has 3 aromatic rings. The number of imidazole rings is 1. The molecule has 0 saturated carbocycles. The minimum absolute atomic E-state index is 0.365. The normalized spacial score (nSPS) is 13.4. The zero-order chi connectivity index (χ0) is 13.9. The van der Waals surface area contributed by atoms with Crippen molar-refractivity contribution in [1.82, 2.24) is 9.38 Å². The van der Waals surface area contributed by atoms with Crippen molar-refractivity contribution < 1.29 is 9.59 Å². The minimum Gasteiger partial charge on any atom is -0.296 e. The number of hydrogen-bond acceptors (Lipinski definition) is 3. The first-order valence-electron chi connectivity index (χ1n) is 6.34. The molecule has 0 bridgehead atoms. The average molecular weight is 262 g/mol. The second kappa shape index (κ2) is 3.63. The molecule has 0 aliphatic heterocycles. The summed E-state index contributed by atoms with van der Waals surface area (Å²) in [6, 6.07) is 10.9. The molecule has 1 aromatic carbocycles. The molecule has 1 aliphatic rings. The van der Waals surface area contributed by atoms with Crippen molar-refractivity contribution in [3.8, 4) is 11.3 Å². The molecule has 0 atom stereocenters. The summed E-state index contributed by atoms with van der Waals surface area (Å²) in [5.41, 5.74) is 3.87. The van der Waals surface area contributed by atoms with Crippen LogP contribution >= 0.6 is 0 Å². The van der Waals surface area contributed by atoms with Crippen LogP contribution in [0, 0.1) is 6.92 Å². The molecule has 2 aromatic heterocycles. The number of aryl methyl sites for hydroxylation is 1. The third-order valence-electron chi connectivity index (χ3n) is 3.63. The number of carbonyl (C=O) groups is 2. The number of pyridine rings is 1. The van der Waals surface area contributed by atoms with E-state index < -0.39 is 11.6 Å². The standard InChI is InChI=1S/C16H10N2O2/c1-9-6-7-18-12(8-9)17-13-10-4-2-3-5-11(10)15(19)16(20)14(13)18/h2-8H,1H3. The van der Waals surface area contributed by atoms with E-state index in [0.717, 1.165) is 11.1 Å². The van der Waals surface area contributed by atoms with Crippen molar-refractivity contribution >= 4 is 17.2 Å². The fourth-order valence-corrected chi connectivity index (χ4v) is 2.67. The van der Waals surface area contributed by atoms with Crippen molar-refractivity contribution in [1.29, 1.82) is 0 Å². The highest BCUT2D eigenvalue weighted by Gasteiger charge is 2.34. The Morgan fingerprint density at radius 1 is 1.00 bits per heavy atom. The van der Waals surface area contributed by atoms with Crippen LogP contribution in [0.5, 0.6) is 0 Å². The van der Waals surface area contributed by atoms with Gasteiger partial charge in [0.2, 0.25) is 5.78 Å². The zero-order valence-electron chi connectivity index (χ0n) is 10.8. The van der Waals surface area contributed by atoms with Crippen molar-refractivity contribution in [2.45, 2.75) is 6.92 Å². The number of hydrogen-bond donors (Lipinski definition) is 0. The molecular weight excluding hydrogens is 252 g/mol. The molecule has 4 heteroatoms. The summed E-state index contributed by atoms with van der Waals surface area (Å²) in [6.45, 7) is 1.97. The van der Waals surface area contributed by atoms with Gasteiger partial charge in [0.15, 0.2) is 0 Å². The summed E-state index contributed by atoms with van der Waals surface area (Å²) < 4.78 is 1.69. The Hall–Kier alpha value is -2.75. The second-order valence-electron chi connectivity index (χ2n) is 4.95. The molecule has 4 nitrogen and oxygen atoms in total. The average Bonchev–Trinajstić information content (AvgIpc) is 2.83. The predicted octanol–water partition coefficient (Wildman–Crippen LogP) is 2.69. The Bertz CT molecular complexity index is 906. The third-order valence-corrected chi connectivity index (χ3v) is 3.63. The predicted molar refractivity (Wildman–Crippen MR) is 74.0 cm³/mol. The van der Waals surface area contributed by atoms with Gasteiger partial charge in [-0.2, -0.15) is 0 Å². The van der Waals surface area contributed by atoms with Gasteiger partial charge < -0.3 is 0 Å². The first-order chi connectivity index (χ1) is 9.66. The second-order valence-corrected chi connectivity index (χ2v) is 4.95. The van der Waals surface area contributed by atoms with Gasteiger partial charge in [0.05, 0.1) is 0 Å². The van der Waals surface area contributed by atoms with Crippen LogP contribution in [0.4, 0.5) is 0 Å². The lowest BCUT2D eigenvalue weighted by molar-refractivity contribution is 0.0812. The first-order valence-corrected chi connectivity index (χ1v) is 6.34. The highest BCUT2D eigenvalue weighted by atomic mass is 16.2. The van der Waals surface area contributed by atoms with Crippen LogP contribution in [-0.2, 0) is 0 Å². The number of nitrogens with zero attached hydrogens (tertiary/aromatic N) is 2. The van der Waals surface area contributed by atoms with Crippen LogP contribution in [0.15, 0.2) is 42.6 Å². The monoisotopic (exact) mass is 262 g/mol. The summed E-state index contributed by atoms with van der Waals surface area (Å²) in [6.07, 6.45) is 1.79. The highest BCUT2D eigenvalue weighted by molar-refractivity contribution is 6.52. The summed E-state index contributed by atoms with van der Waals surface area (Å²) in [4.78, 5) is 29.1. The van der Waals surface area contributed by atoms with E-state index in [4.69, 9.17) is 0 Å². The lowest BCUT2D eigenvalue weighted by Crippen LogP contribution is -2.22. The van der Waals surface area contributed by atoms with Crippen molar-refractivity contribution in [2.75, 3.05) is 0 Å². The summed E-state index contributed by atoms with van der Waals surface area (Å²) in [7, 11) is 0. The minimum atomic E-state index is -0.491. The van der Waals surface area contributed by atoms with Gasteiger partial charge in [-0.3, -0.25) is 14.0 Å². The van der Waals surface area contributed by atoms with Crippen LogP contribution in [0.25, 0.3) is 16.9 Å². The maximum atomic E-state index is 12.3. The number of Topliss-reactive ketones (excluding diaryl/α,β-unsaturated/α-hetero) is 2. The van der Waals surface area contributed by atoms with Crippen molar-refractivity contribution in [2.24, 2.45) is 0 Å². The van der Waals surface area contributed by atoms with Gasteiger partial charge in [-0.1, -0.05) is 24.3 Å². The Morgan fingerprint density at radius 3 is 2.55 bits per heavy atom. The number of aromatic nitrogens is 2. The lowest BCUT2D eigenvalue weighted by Gasteiger charge is -2.13. The van der Waals surface area contributed by atoms with Crippen LogP contribution in [0.2, 0.25) is 0 Å². The molecule has 4 rings (SSSR count). The summed E-state index contributed by atoms with van der Waals surface area (Å²) >= 11 is 0. The van der Waals surface area contributed by atoms with E-state index in [0.29, 0.717) is 22.6 Å². The largest absolute Gasteiger partial charge is 0.296 e. The molecule has 1 aliphatic carbocycles. The molecule has 0 unspecified atom stereocenters. The van der Waals surface area contributed by atoms with Gasteiger partial charge in [-0.25, -0.2) is 4.98 Å². The molecule has 0 fully saturated rings. The molecule has 20 heavy (non-hydrogen) atoms. The SMILES string of the molecule is Cc1ccn2c3c(nc2c1)-c1ccccc1C(=O)C3=O. The van der Waals surface area contributed by atoms with E-state index in [-0.39, 0.29) is 0 Å². The first kappa shape index (κ1) is 11.1. The van der Waals surface area contributed by atoms with Gasteiger partial charge in [0, 0.05) is 17.3 Å². The van der Waals surface area contributed by atoms with Gasteiger partial charge in [0.25, 0.3) is 5.78 Å². The molecule has 0 saturated heterocycles. The Morgan fingerprint density at radius 2 is 1.75 bits per heavy atom. The number of carbonyl (C=O) groups excluding carboxylic acids is 2. The van der Waals surface area contributed by atoms with Crippen molar-refractivity contribution in [3.63, 3.8) is 0 Å². The maximum Gasteiger partial charge on any atom is 0.252 e. The zero-order valence-corrected chi connectivity index (χ0v) is 10.8. The van der Waals surface area contributed by atoms with Gasteiger partial charge >= 0.3 is 0 Å².